The third-order valence-electron chi connectivity index (χ3n) is 1.77. The molecule has 1 N–H and O–H groups in total. The van der Waals surface area contributed by atoms with Crippen molar-refractivity contribution in [1.29, 1.82) is 0 Å². The molecule has 0 radical (unpaired) electrons. The van der Waals surface area contributed by atoms with E-state index in [1.165, 1.54) is 6.20 Å². The number of fused-ring (bicyclic) bond motifs is 1. The van der Waals surface area contributed by atoms with Crippen LogP contribution in [0, 0.1) is 0 Å². The average Bonchev–Trinajstić information content (AvgIpc) is 2.47. The second-order valence-corrected chi connectivity index (χ2v) is 3.58. The molecule has 2 heterocycles. The molecule has 0 aliphatic rings. The van der Waals surface area contributed by atoms with E-state index in [4.69, 9.17) is 0 Å². The van der Waals surface area contributed by atoms with E-state index in [9.17, 15) is 18.0 Å². The van der Waals surface area contributed by atoms with E-state index in [1.807, 2.05) is 0 Å². The molecule has 0 atom stereocenters. The number of imidazole rings is 1. The summed E-state index contributed by atoms with van der Waals surface area (Å²) < 4.78 is 38.3. The van der Waals surface area contributed by atoms with E-state index in [-0.39, 0.29) is 10.3 Å². The zero-order chi connectivity index (χ0) is 11.2. The van der Waals surface area contributed by atoms with Crippen LogP contribution >= 0.6 is 15.9 Å². The molecule has 2 aromatic heterocycles. The number of alkyl halides is 3. The van der Waals surface area contributed by atoms with E-state index >= 15 is 0 Å². The summed E-state index contributed by atoms with van der Waals surface area (Å²) in [6.45, 7) is 0. The summed E-state index contributed by atoms with van der Waals surface area (Å²) in [5.74, 6) is 0. The van der Waals surface area contributed by atoms with Gasteiger partial charge in [-0.2, -0.15) is 13.2 Å². The molecule has 2 aromatic rings. The Morgan fingerprint density at radius 2 is 2.13 bits per heavy atom. The average molecular weight is 282 g/mol. The fraction of sp³-hybridized carbons (Fsp3) is 0.143. The summed E-state index contributed by atoms with van der Waals surface area (Å²) in [5, 5.41) is 0. The minimum atomic E-state index is -4.59. The van der Waals surface area contributed by atoms with Crippen LogP contribution in [0.15, 0.2) is 21.8 Å². The number of aromatic nitrogens is 3. The zero-order valence-electron chi connectivity index (χ0n) is 6.97. The zero-order valence-corrected chi connectivity index (χ0v) is 8.56. The Bertz CT molecular complexity index is 571. The number of aromatic amines is 1. The number of halogens is 4. The topological polar surface area (TPSA) is 50.2 Å². The molecular formula is C7H3BrF3N3O. The van der Waals surface area contributed by atoms with Gasteiger partial charge in [0.2, 0.25) is 5.65 Å². The smallest absolute Gasteiger partial charge is 0.314 e. The lowest BCUT2D eigenvalue weighted by atomic mass is 10.4. The van der Waals surface area contributed by atoms with Gasteiger partial charge in [0.05, 0.1) is 6.20 Å². The Hall–Kier alpha value is -1.31. The van der Waals surface area contributed by atoms with Crippen LogP contribution in [0.3, 0.4) is 0 Å². The Balaban J connectivity index is 2.82. The molecule has 4 nitrogen and oxygen atoms in total. The third kappa shape index (κ3) is 1.65. The van der Waals surface area contributed by atoms with Crippen LogP contribution in [0.4, 0.5) is 13.2 Å². The van der Waals surface area contributed by atoms with Gasteiger partial charge in [-0.3, -0.25) is 9.20 Å². The van der Waals surface area contributed by atoms with Gasteiger partial charge in [-0.1, -0.05) is 0 Å². The lowest BCUT2D eigenvalue weighted by Gasteiger charge is -2.06. The molecule has 0 unspecified atom stereocenters. The fourth-order valence-corrected chi connectivity index (χ4v) is 1.49. The lowest BCUT2D eigenvalue weighted by Crippen LogP contribution is -2.19. The van der Waals surface area contributed by atoms with Crippen LogP contribution in [-0.4, -0.2) is 14.4 Å². The van der Waals surface area contributed by atoms with Gasteiger partial charge in [-0.25, -0.2) is 4.98 Å². The maximum atomic E-state index is 12.3. The lowest BCUT2D eigenvalue weighted by molar-refractivity contribution is -0.141. The first-order valence-corrected chi connectivity index (χ1v) is 4.52. The summed E-state index contributed by atoms with van der Waals surface area (Å²) in [7, 11) is 0. The number of nitrogens with zero attached hydrogens (tertiary/aromatic N) is 2. The van der Waals surface area contributed by atoms with Crippen molar-refractivity contribution in [2.45, 2.75) is 6.18 Å². The first-order chi connectivity index (χ1) is 6.89. The Morgan fingerprint density at radius 1 is 1.47 bits per heavy atom. The van der Waals surface area contributed by atoms with Gasteiger partial charge in [-0.05, 0) is 15.9 Å². The van der Waals surface area contributed by atoms with Gasteiger partial charge in [0.15, 0.2) is 0 Å². The van der Waals surface area contributed by atoms with Gasteiger partial charge in [0, 0.05) is 6.20 Å². The Labute approximate surface area is 88.9 Å². The van der Waals surface area contributed by atoms with Gasteiger partial charge >= 0.3 is 6.18 Å². The van der Waals surface area contributed by atoms with Crippen LogP contribution in [0.25, 0.3) is 5.65 Å². The van der Waals surface area contributed by atoms with Crippen LogP contribution in [0.1, 0.15) is 5.69 Å². The van der Waals surface area contributed by atoms with Gasteiger partial charge in [0.1, 0.15) is 10.3 Å². The minimum absolute atomic E-state index is 0.0881. The maximum absolute atomic E-state index is 12.3. The molecule has 2 rings (SSSR count). The molecule has 15 heavy (non-hydrogen) atoms. The molecule has 0 aromatic carbocycles. The van der Waals surface area contributed by atoms with Crippen molar-refractivity contribution in [3.05, 3.63) is 33.0 Å². The van der Waals surface area contributed by atoms with E-state index in [0.717, 1.165) is 10.6 Å². The van der Waals surface area contributed by atoms with Crippen molar-refractivity contribution in [3.63, 3.8) is 0 Å². The number of rotatable bonds is 0. The number of hydrogen-bond donors (Lipinski definition) is 1. The Kier molecular flexibility index (Phi) is 2.10. The van der Waals surface area contributed by atoms with Crippen molar-refractivity contribution < 1.29 is 13.2 Å². The first kappa shape index (κ1) is 10.2. The predicted octanol–water partition coefficient (Wildman–Crippen LogP) is 1.80. The molecule has 80 valence electrons. The van der Waals surface area contributed by atoms with Gasteiger partial charge < -0.3 is 4.98 Å². The first-order valence-electron chi connectivity index (χ1n) is 3.72. The molecule has 0 fully saturated rings. The Morgan fingerprint density at radius 3 is 2.73 bits per heavy atom. The van der Waals surface area contributed by atoms with E-state index < -0.39 is 17.4 Å². The fourth-order valence-electron chi connectivity index (χ4n) is 1.11. The second-order valence-electron chi connectivity index (χ2n) is 2.77. The van der Waals surface area contributed by atoms with E-state index in [1.54, 1.807) is 4.98 Å². The SMILES string of the molecule is O=c1[nH]c(C(F)(F)F)cn2c(Br)cnc12. The minimum Gasteiger partial charge on any atom is -0.314 e. The molecule has 0 aliphatic heterocycles. The second kappa shape index (κ2) is 3.09. The van der Waals surface area contributed by atoms with E-state index in [2.05, 4.69) is 20.9 Å². The summed E-state index contributed by atoms with van der Waals surface area (Å²) in [4.78, 5) is 16.6. The number of nitrogens with one attached hydrogen (secondary N) is 1. The third-order valence-corrected chi connectivity index (χ3v) is 2.35. The highest BCUT2D eigenvalue weighted by molar-refractivity contribution is 9.10. The summed E-state index contributed by atoms with van der Waals surface area (Å²) in [6.07, 6.45) is -2.56. The number of H-pyrrole nitrogens is 1. The highest BCUT2D eigenvalue weighted by atomic mass is 79.9. The van der Waals surface area contributed by atoms with Gasteiger partial charge in [0.25, 0.3) is 5.56 Å². The number of hydrogen-bond acceptors (Lipinski definition) is 2. The molecule has 0 spiro atoms. The van der Waals surface area contributed by atoms with Crippen molar-refractivity contribution >= 4 is 21.6 Å². The molecule has 0 bridgehead atoms. The van der Waals surface area contributed by atoms with Crippen LogP contribution in [0.5, 0.6) is 0 Å². The normalized spacial score (nSPS) is 12.3. The summed E-state index contributed by atoms with van der Waals surface area (Å²) in [5.41, 5.74) is -2.08. The highest BCUT2D eigenvalue weighted by Gasteiger charge is 2.32. The van der Waals surface area contributed by atoms with Gasteiger partial charge in [-0.15, -0.1) is 0 Å². The highest BCUT2D eigenvalue weighted by Crippen LogP contribution is 2.27. The van der Waals surface area contributed by atoms with Crippen molar-refractivity contribution in [2.75, 3.05) is 0 Å². The largest absolute Gasteiger partial charge is 0.432 e. The molecular weight excluding hydrogens is 279 g/mol. The molecule has 8 heteroatoms. The molecule has 0 saturated heterocycles. The van der Waals surface area contributed by atoms with Crippen molar-refractivity contribution in [1.82, 2.24) is 14.4 Å². The molecule has 0 saturated carbocycles. The van der Waals surface area contributed by atoms with Crippen LogP contribution < -0.4 is 5.56 Å². The van der Waals surface area contributed by atoms with Crippen molar-refractivity contribution in [2.24, 2.45) is 0 Å². The van der Waals surface area contributed by atoms with E-state index in [0.29, 0.717) is 0 Å². The standard InChI is InChI=1S/C7H3BrF3N3O/c8-4-1-12-5-6(15)13-3(2-14(4)5)7(9,10)11/h1-2H,(H,13,15). The van der Waals surface area contributed by atoms with Crippen molar-refractivity contribution in [3.8, 4) is 0 Å². The van der Waals surface area contributed by atoms with Crippen LogP contribution in [0.2, 0.25) is 0 Å². The molecule has 0 amide bonds. The monoisotopic (exact) mass is 281 g/mol. The predicted molar refractivity (Wildman–Crippen MR) is 48.5 cm³/mol. The maximum Gasteiger partial charge on any atom is 0.432 e. The summed E-state index contributed by atoms with van der Waals surface area (Å²) >= 11 is 2.98. The molecule has 0 aliphatic carbocycles. The quantitative estimate of drug-likeness (QED) is 0.801. The van der Waals surface area contributed by atoms with Crippen LogP contribution in [-0.2, 0) is 6.18 Å². The summed E-state index contributed by atoms with van der Waals surface area (Å²) in [6, 6.07) is 0.